The Kier molecular flexibility index (Phi) is 5.19. The molecule has 1 aromatic heterocycles. The molecule has 158 valence electrons. The van der Waals surface area contributed by atoms with Gasteiger partial charge in [-0.1, -0.05) is 18.0 Å². The number of amides is 2. The highest BCUT2D eigenvalue weighted by Gasteiger charge is 2.33. The minimum atomic E-state index is -0.362. The van der Waals surface area contributed by atoms with Crippen molar-refractivity contribution >= 4 is 17.7 Å². The van der Waals surface area contributed by atoms with Crippen LogP contribution in [0.3, 0.4) is 0 Å². The molecule has 2 aromatic rings. The highest BCUT2D eigenvalue weighted by Crippen LogP contribution is 2.35. The van der Waals surface area contributed by atoms with Gasteiger partial charge in [-0.15, -0.1) is 0 Å². The number of benzene rings is 1. The lowest BCUT2D eigenvalue weighted by atomic mass is 10.0. The van der Waals surface area contributed by atoms with Gasteiger partial charge in [-0.25, -0.2) is 4.79 Å². The fourth-order valence-corrected chi connectivity index (χ4v) is 4.92. The zero-order chi connectivity index (χ0) is 20.5. The van der Waals surface area contributed by atoms with E-state index in [1.165, 1.54) is 12.8 Å². The van der Waals surface area contributed by atoms with Gasteiger partial charge in [0.25, 0.3) is 0 Å². The average Bonchev–Trinajstić information content (AvgIpc) is 3.47. The fraction of sp³-hybridized carbons (Fsp3) is 0.522. The molecule has 30 heavy (non-hydrogen) atoms. The van der Waals surface area contributed by atoms with Crippen molar-refractivity contribution in [3.8, 4) is 11.3 Å². The molecule has 0 radical (unpaired) electrons. The minimum Gasteiger partial charge on any atom is -0.442 e. The summed E-state index contributed by atoms with van der Waals surface area (Å²) in [6.07, 6.45) is 9.32. The third-order valence-electron chi connectivity index (χ3n) is 6.53. The molecule has 0 spiro atoms. The van der Waals surface area contributed by atoms with E-state index in [4.69, 9.17) is 9.26 Å². The summed E-state index contributed by atoms with van der Waals surface area (Å²) in [5, 5.41) is 6.89. The molecule has 7 heteroatoms. The molecule has 1 saturated heterocycles. The van der Waals surface area contributed by atoms with Crippen molar-refractivity contribution < 1.29 is 18.8 Å². The van der Waals surface area contributed by atoms with E-state index < -0.39 is 0 Å². The number of aromatic nitrogens is 1. The number of nitrogens with zero attached hydrogens (tertiary/aromatic N) is 2. The first-order valence-electron chi connectivity index (χ1n) is 11.0. The Morgan fingerprint density at radius 1 is 1.17 bits per heavy atom. The van der Waals surface area contributed by atoms with Crippen LogP contribution in [0.15, 0.2) is 28.9 Å². The van der Waals surface area contributed by atoms with Crippen LogP contribution in [0.25, 0.3) is 11.3 Å². The van der Waals surface area contributed by atoms with Gasteiger partial charge in [0, 0.05) is 23.2 Å². The number of fused-ring (bicyclic) bond motifs is 3. The number of nitrogens with one attached hydrogen (secondary N) is 1. The van der Waals surface area contributed by atoms with Crippen LogP contribution in [0.4, 0.5) is 10.5 Å². The first-order chi connectivity index (χ1) is 14.7. The summed E-state index contributed by atoms with van der Waals surface area (Å²) in [5.74, 6) is 1.40. The Hall–Kier alpha value is -2.83. The van der Waals surface area contributed by atoms with Crippen molar-refractivity contribution in [2.75, 3.05) is 18.0 Å². The van der Waals surface area contributed by atoms with Gasteiger partial charge in [-0.3, -0.25) is 9.69 Å². The van der Waals surface area contributed by atoms with Crippen LogP contribution in [0, 0.1) is 5.92 Å². The van der Waals surface area contributed by atoms with E-state index in [0.717, 1.165) is 60.2 Å². The van der Waals surface area contributed by atoms with Crippen LogP contribution in [0.5, 0.6) is 0 Å². The summed E-state index contributed by atoms with van der Waals surface area (Å²) in [6.45, 7) is 0.801. The highest BCUT2D eigenvalue weighted by molar-refractivity contribution is 5.90. The number of carbonyl (C=O) groups excluding carboxylic acids is 2. The molecular formula is C23H27N3O4. The molecule has 5 rings (SSSR count). The molecule has 1 N–H and O–H groups in total. The summed E-state index contributed by atoms with van der Waals surface area (Å²) in [4.78, 5) is 26.3. The summed E-state index contributed by atoms with van der Waals surface area (Å²) < 4.78 is 11.0. The van der Waals surface area contributed by atoms with E-state index in [-0.39, 0.29) is 18.1 Å². The predicted octanol–water partition coefficient (Wildman–Crippen LogP) is 3.85. The molecule has 2 aliphatic carbocycles. The third-order valence-corrected chi connectivity index (χ3v) is 6.53. The summed E-state index contributed by atoms with van der Waals surface area (Å²) >= 11 is 0. The average molecular weight is 409 g/mol. The van der Waals surface area contributed by atoms with E-state index in [2.05, 4.69) is 16.5 Å². The van der Waals surface area contributed by atoms with Gasteiger partial charge in [0.2, 0.25) is 5.91 Å². The quantitative estimate of drug-likeness (QED) is 0.811. The zero-order valence-corrected chi connectivity index (χ0v) is 17.1. The van der Waals surface area contributed by atoms with Crippen LogP contribution >= 0.6 is 0 Å². The van der Waals surface area contributed by atoms with Gasteiger partial charge in [0.05, 0.1) is 19.3 Å². The number of carbonyl (C=O) groups is 2. The van der Waals surface area contributed by atoms with Gasteiger partial charge < -0.3 is 14.6 Å². The second kappa shape index (κ2) is 8.13. The molecule has 3 aliphatic rings. The molecule has 2 fully saturated rings. The number of anilines is 1. The normalized spacial score (nSPS) is 21.1. The van der Waals surface area contributed by atoms with Crippen molar-refractivity contribution in [1.29, 1.82) is 0 Å². The van der Waals surface area contributed by atoms with Crippen LogP contribution in [0.2, 0.25) is 0 Å². The summed E-state index contributed by atoms with van der Waals surface area (Å²) in [7, 11) is 0. The van der Waals surface area contributed by atoms with Gasteiger partial charge >= 0.3 is 6.09 Å². The molecule has 2 amide bonds. The third kappa shape index (κ3) is 3.80. The van der Waals surface area contributed by atoms with Crippen molar-refractivity contribution in [3.05, 3.63) is 35.5 Å². The van der Waals surface area contributed by atoms with E-state index >= 15 is 0 Å². The maximum atomic E-state index is 12.5. The SMILES string of the molecule is O=C(CC1CCCC1)NC[C@H]1CN(c2ccc3c(c2)CCCc2cnoc2-3)C(=O)O1. The van der Waals surface area contributed by atoms with Crippen molar-refractivity contribution in [3.63, 3.8) is 0 Å². The Bertz CT molecular complexity index is 948. The van der Waals surface area contributed by atoms with Crippen molar-refractivity contribution in [1.82, 2.24) is 10.5 Å². The van der Waals surface area contributed by atoms with E-state index in [0.29, 0.717) is 25.4 Å². The predicted molar refractivity (Wildman–Crippen MR) is 111 cm³/mol. The minimum absolute atomic E-state index is 0.0595. The molecule has 7 nitrogen and oxygen atoms in total. The fourth-order valence-electron chi connectivity index (χ4n) is 4.92. The van der Waals surface area contributed by atoms with Crippen LogP contribution in [-0.4, -0.2) is 36.4 Å². The lowest BCUT2D eigenvalue weighted by molar-refractivity contribution is -0.122. The molecule has 0 unspecified atom stereocenters. The van der Waals surface area contributed by atoms with Gasteiger partial charge in [-0.2, -0.15) is 0 Å². The second-order valence-electron chi connectivity index (χ2n) is 8.65. The maximum absolute atomic E-state index is 12.5. The number of aryl methyl sites for hydroxylation is 2. The monoisotopic (exact) mass is 409 g/mol. The molecular weight excluding hydrogens is 382 g/mol. The van der Waals surface area contributed by atoms with E-state index in [1.807, 2.05) is 12.1 Å². The number of hydrogen-bond donors (Lipinski definition) is 1. The molecule has 1 aliphatic heterocycles. The first kappa shape index (κ1) is 19.2. The van der Waals surface area contributed by atoms with Gasteiger partial charge in [0.15, 0.2) is 5.76 Å². The van der Waals surface area contributed by atoms with E-state index in [9.17, 15) is 9.59 Å². The molecule has 0 bridgehead atoms. The van der Waals surface area contributed by atoms with Crippen molar-refractivity contribution in [2.24, 2.45) is 5.92 Å². The summed E-state index contributed by atoms with van der Waals surface area (Å²) in [6, 6.07) is 5.98. The van der Waals surface area contributed by atoms with E-state index in [1.54, 1.807) is 11.1 Å². The molecule has 1 atom stereocenters. The highest BCUT2D eigenvalue weighted by atomic mass is 16.6. The Balaban J connectivity index is 1.23. The largest absolute Gasteiger partial charge is 0.442 e. The molecule has 1 aromatic carbocycles. The summed E-state index contributed by atoms with van der Waals surface area (Å²) in [5.41, 5.74) is 4.16. The smallest absolute Gasteiger partial charge is 0.414 e. The Morgan fingerprint density at radius 2 is 2.00 bits per heavy atom. The second-order valence-corrected chi connectivity index (χ2v) is 8.65. The van der Waals surface area contributed by atoms with Crippen molar-refractivity contribution in [2.45, 2.75) is 57.5 Å². The van der Waals surface area contributed by atoms with Crippen LogP contribution < -0.4 is 10.2 Å². The Labute approximate surface area is 175 Å². The topological polar surface area (TPSA) is 84.7 Å². The zero-order valence-electron chi connectivity index (χ0n) is 17.1. The standard InChI is InChI=1S/C23H27N3O4/c27-21(10-15-4-1-2-5-15)24-13-19-14-26(23(28)29-19)18-8-9-20-16(11-18)6-3-7-17-12-25-30-22(17)20/h8-9,11-12,15,19H,1-7,10,13-14H2,(H,24,27)/t19-/m0/s1. The first-order valence-corrected chi connectivity index (χ1v) is 11.0. The lowest BCUT2D eigenvalue weighted by Crippen LogP contribution is -2.35. The number of ether oxygens (including phenoxy) is 1. The number of hydrogen-bond acceptors (Lipinski definition) is 5. The number of cyclic esters (lactones) is 1. The molecule has 2 heterocycles. The number of rotatable bonds is 5. The van der Waals surface area contributed by atoms with Gasteiger partial charge in [-0.05, 0) is 61.8 Å². The van der Waals surface area contributed by atoms with Gasteiger partial charge in [0.1, 0.15) is 6.10 Å². The molecule has 1 saturated carbocycles. The maximum Gasteiger partial charge on any atom is 0.414 e. The lowest BCUT2D eigenvalue weighted by Gasteiger charge is -2.16. The van der Waals surface area contributed by atoms with Crippen LogP contribution in [-0.2, 0) is 22.4 Å². The van der Waals surface area contributed by atoms with Crippen LogP contribution in [0.1, 0.15) is 49.7 Å². The Morgan fingerprint density at radius 3 is 2.87 bits per heavy atom.